The number of rotatable bonds is 9. The second kappa shape index (κ2) is 11.2. The third kappa shape index (κ3) is 5.75. The second-order valence-electron chi connectivity index (χ2n) is 8.95. The van der Waals surface area contributed by atoms with Crippen LogP contribution in [-0.2, 0) is 16.6 Å². The van der Waals surface area contributed by atoms with Crippen molar-refractivity contribution in [3.05, 3.63) is 90.3 Å². The summed E-state index contributed by atoms with van der Waals surface area (Å²) in [5.74, 6) is 0.0630. The zero-order chi connectivity index (χ0) is 23.9. The standard InChI is InChI=1S/C28H33N3O3/c1-3-21-16-18-31(19-25(32)24-15-10-17-30(24)2)20-26(21)34-28(33)27(22-11-6-4-7-12-22)29-23-13-8-5-9-14-23/h4-15,17,21,26-27,29H,3,16,18-20H2,1-2H3/t21?,26-,27?/m0/s1. The minimum absolute atomic E-state index is 0.0837. The number of likely N-dealkylation sites (tertiary alicyclic amines) is 1. The fourth-order valence-electron chi connectivity index (χ4n) is 4.65. The molecule has 1 saturated heterocycles. The number of carbonyl (C=O) groups excluding carboxylic acids is 2. The molecule has 1 aliphatic rings. The van der Waals surface area contributed by atoms with E-state index in [1.807, 2.05) is 90.6 Å². The number of carbonyl (C=O) groups is 2. The van der Waals surface area contributed by atoms with Crippen LogP contribution in [0.2, 0.25) is 0 Å². The molecule has 2 unspecified atom stereocenters. The van der Waals surface area contributed by atoms with Gasteiger partial charge in [0, 0.05) is 25.5 Å². The normalized spacial score (nSPS) is 19.4. The Morgan fingerprint density at radius 3 is 2.38 bits per heavy atom. The number of hydrogen-bond acceptors (Lipinski definition) is 5. The van der Waals surface area contributed by atoms with Crippen molar-refractivity contribution in [2.45, 2.75) is 31.9 Å². The maximum Gasteiger partial charge on any atom is 0.333 e. The fourth-order valence-corrected chi connectivity index (χ4v) is 4.65. The van der Waals surface area contributed by atoms with Crippen molar-refractivity contribution in [3.8, 4) is 0 Å². The molecular formula is C28H33N3O3. The summed E-state index contributed by atoms with van der Waals surface area (Å²) in [5, 5.41) is 3.34. The fraction of sp³-hybridized carbons (Fsp3) is 0.357. The first kappa shape index (κ1) is 23.8. The zero-order valence-electron chi connectivity index (χ0n) is 19.9. The molecule has 1 aromatic heterocycles. The summed E-state index contributed by atoms with van der Waals surface area (Å²) >= 11 is 0. The highest BCUT2D eigenvalue weighted by Crippen LogP contribution is 2.27. The van der Waals surface area contributed by atoms with Crippen LogP contribution in [0.1, 0.15) is 41.9 Å². The molecule has 1 N–H and O–H groups in total. The number of nitrogens with one attached hydrogen (secondary N) is 1. The number of aromatic nitrogens is 1. The Morgan fingerprint density at radius 2 is 1.74 bits per heavy atom. The number of benzene rings is 2. The Bertz CT molecular complexity index is 1080. The van der Waals surface area contributed by atoms with E-state index in [1.54, 1.807) is 0 Å². The van der Waals surface area contributed by atoms with Gasteiger partial charge in [0.15, 0.2) is 11.8 Å². The monoisotopic (exact) mass is 459 g/mol. The van der Waals surface area contributed by atoms with Gasteiger partial charge in [0.05, 0.1) is 12.2 Å². The second-order valence-corrected chi connectivity index (χ2v) is 8.95. The lowest BCUT2D eigenvalue weighted by molar-refractivity contribution is -0.156. The third-order valence-electron chi connectivity index (χ3n) is 6.62. The first-order valence-corrected chi connectivity index (χ1v) is 12.0. The molecule has 2 heterocycles. The van der Waals surface area contributed by atoms with Crippen LogP contribution in [0.3, 0.4) is 0 Å². The number of Topliss-reactive ketones (excluding diaryl/α,β-unsaturated/α-hetero) is 1. The molecule has 0 aliphatic carbocycles. The molecule has 178 valence electrons. The van der Waals surface area contributed by atoms with Gasteiger partial charge in [-0.15, -0.1) is 0 Å². The SMILES string of the molecule is CCC1CCN(CC(=O)c2cccn2C)C[C@@H]1OC(=O)C(Nc1ccccc1)c1ccccc1. The molecule has 0 amide bonds. The molecule has 0 saturated carbocycles. The molecular weight excluding hydrogens is 426 g/mol. The smallest absolute Gasteiger partial charge is 0.333 e. The molecule has 2 aromatic carbocycles. The van der Waals surface area contributed by atoms with Gasteiger partial charge >= 0.3 is 5.97 Å². The first-order valence-electron chi connectivity index (χ1n) is 12.0. The number of ether oxygens (including phenoxy) is 1. The van der Waals surface area contributed by atoms with E-state index < -0.39 is 6.04 Å². The molecule has 0 bridgehead atoms. The number of anilines is 1. The van der Waals surface area contributed by atoms with Gasteiger partial charge in [0.2, 0.25) is 0 Å². The molecule has 34 heavy (non-hydrogen) atoms. The minimum atomic E-state index is -0.610. The summed E-state index contributed by atoms with van der Waals surface area (Å²) < 4.78 is 8.00. The summed E-state index contributed by atoms with van der Waals surface area (Å²) in [5.41, 5.74) is 2.41. The van der Waals surface area contributed by atoms with Crippen molar-refractivity contribution in [2.75, 3.05) is 25.0 Å². The maximum absolute atomic E-state index is 13.5. The van der Waals surface area contributed by atoms with Crippen molar-refractivity contribution in [2.24, 2.45) is 13.0 Å². The molecule has 6 heteroatoms. The largest absolute Gasteiger partial charge is 0.459 e. The summed E-state index contributed by atoms with van der Waals surface area (Å²) in [6.07, 6.45) is 3.46. The van der Waals surface area contributed by atoms with E-state index in [1.165, 1.54) is 0 Å². The van der Waals surface area contributed by atoms with E-state index in [0.29, 0.717) is 18.8 Å². The number of para-hydroxylation sites is 1. The van der Waals surface area contributed by atoms with Gasteiger partial charge in [0.1, 0.15) is 6.10 Å². The Balaban J connectivity index is 1.47. The summed E-state index contributed by atoms with van der Waals surface area (Å²) in [4.78, 5) is 28.4. The first-order chi connectivity index (χ1) is 16.5. The van der Waals surface area contributed by atoms with Crippen molar-refractivity contribution in [1.82, 2.24) is 9.47 Å². The van der Waals surface area contributed by atoms with Crippen LogP contribution in [0.5, 0.6) is 0 Å². The molecule has 0 spiro atoms. The van der Waals surface area contributed by atoms with Crippen LogP contribution in [0, 0.1) is 5.92 Å². The van der Waals surface area contributed by atoms with Crippen molar-refractivity contribution in [1.29, 1.82) is 0 Å². The van der Waals surface area contributed by atoms with Crippen LogP contribution in [0.25, 0.3) is 0 Å². The average molecular weight is 460 g/mol. The van der Waals surface area contributed by atoms with E-state index in [-0.39, 0.29) is 23.8 Å². The van der Waals surface area contributed by atoms with Gasteiger partial charge in [-0.2, -0.15) is 0 Å². The third-order valence-corrected chi connectivity index (χ3v) is 6.62. The van der Waals surface area contributed by atoms with E-state index in [0.717, 1.165) is 30.6 Å². The van der Waals surface area contributed by atoms with E-state index in [4.69, 9.17) is 4.74 Å². The van der Waals surface area contributed by atoms with Crippen molar-refractivity contribution in [3.63, 3.8) is 0 Å². The van der Waals surface area contributed by atoms with Gasteiger partial charge < -0.3 is 14.6 Å². The average Bonchev–Trinajstić information content (AvgIpc) is 3.30. The van der Waals surface area contributed by atoms with Crippen LogP contribution in [0.15, 0.2) is 79.0 Å². The summed E-state index contributed by atoms with van der Waals surface area (Å²) in [6, 6.07) is 22.5. The summed E-state index contributed by atoms with van der Waals surface area (Å²) in [7, 11) is 1.88. The lowest BCUT2D eigenvalue weighted by Crippen LogP contribution is -2.48. The van der Waals surface area contributed by atoms with E-state index >= 15 is 0 Å². The highest BCUT2D eigenvalue weighted by molar-refractivity contribution is 5.96. The van der Waals surface area contributed by atoms with Gasteiger partial charge in [-0.3, -0.25) is 9.69 Å². The van der Waals surface area contributed by atoms with Crippen LogP contribution < -0.4 is 5.32 Å². The summed E-state index contributed by atoms with van der Waals surface area (Å²) in [6.45, 7) is 3.85. The molecule has 0 radical (unpaired) electrons. The maximum atomic E-state index is 13.5. The Labute approximate surface area is 201 Å². The van der Waals surface area contributed by atoms with Gasteiger partial charge in [-0.1, -0.05) is 55.5 Å². The lowest BCUT2D eigenvalue weighted by atomic mass is 9.91. The molecule has 1 fully saturated rings. The lowest BCUT2D eigenvalue weighted by Gasteiger charge is -2.38. The Kier molecular flexibility index (Phi) is 7.80. The highest BCUT2D eigenvalue weighted by Gasteiger charge is 2.34. The predicted octanol–water partition coefficient (Wildman–Crippen LogP) is 4.70. The Morgan fingerprint density at radius 1 is 1.03 bits per heavy atom. The highest BCUT2D eigenvalue weighted by atomic mass is 16.5. The van der Waals surface area contributed by atoms with Gasteiger partial charge in [-0.05, 0) is 55.1 Å². The Hall–Kier alpha value is -3.38. The van der Waals surface area contributed by atoms with Crippen molar-refractivity contribution >= 4 is 17.4 Å². The molecule has 6 nitrogen and oxygen atoms in total. The van der Waals surface area contributed by atoms with Crippen LogP contribution in [0.4, 0.5) is 5.69 Å². The molecule has 4 rings (SSSR count). The van der Waals surface area contributed by atoms with E-state index in [2.05, 4.69) is 17.1 Å². The number of esters is 1. The van der Waals surface area contributed by atoms with Gasteiger partial charge in [0.25, 0.3) is 0 Å². The van der Waals surface area contributed by atoms with Crippen LogP contribution in [-0.4, -0.2) is 47.0 Å². The quantitative estimate of drug-likeness (QED) is 0.371. The number of piperidine rings is 1. The number of hydrogen-bond donors (Lipinski definition) is 1. The number of nitrogens with zero attached hydrogens (tertiary/aromatic N) is 2. The molecule has 1 aliphatic heterocycles. The number of ketones is 1. The van der Waals surface area contributed by atoms with Crippen molar-refractivity contribution < 1.29 is 14.3 Å². The molecule has 3 aromatic rings. The predicted molar refractivity (Wildman–Crippen MR) is 134 cm³/mol. The zero-order valence-corrected chi connectivity index (χ0v) is 19.9. The molecule has 3 atom stereocenters. The number of aryl methyl sites for hydroxylation is 1. The minimum Gasteiger partial charge on any atom is -0.459 e. The van der Waals surface area contributed by atoms with Gasteiger partial charge in [-0.25, -0.2) is 4.79 Å². The van der Waals surface area contributed by atoms with E-state index in [9.17, 15) is 9.59 Å². The van der Waals surface area contributed by atoms with Crippen LogP contribution >= 0.6 is 0 Å². The topological polar surface area (TPSA) is 63.6 Å².